The highest BCUT2D eigenvalue weighted by Crippen LogP contribution is 2.29. The van der Waals surface area contributed by atoms with Crippen molar-refractivity contribution in [2.45, 2.75) is 18.2 Å². The van der Waals surface area contributed by atoms with Crippen molar-refractivity contribution < 1.29 is 14.6 Å². The minimum atomic E-state index is -0.621. The maximum Gasteiger partial charge on any atom is 0.232 e. The van der Waals surface area contributed by atoms with Gasteiger partial charge in [0.2, 0.25) is 5.95 Å². The SMILES string of the molecule is Cc1ccccc1-n1c(SCC(O)COc2ccccc2)nnc1N1CCOCC1. The third-order valence-electron chi connectivity index (χ3n) is 4.86. The van der Waals surface area contributed by atoms with Gasteiger partial charge >= 0.3 is 0 Å². The van der Waals surface area contributed by atoms with Crippen LogP contribution in [0.15, 0.2) is 59.8 Å². The number of aliphatic hydroxyl groups is 1. The van der Waals surface area contributed by atoms with E-state index < -0.39 is 6.10 Å². The summed E-state index contributed by atoms with van der Waals surface area (Å²) in [5.74, 6) is 2.02. The fourth-order valence-corrected chi connectivity index (χ4v) is 4.12. The van der Waals surface area contributed by atoms with Gasteiger partial charge < -0.3 is 19.5 Å². The average Bonchev–Trinajstić information content (AvgIpc) is 3.21. The Morgan fingerprint density at radius 3 is 2.57 bits per heavy atom. The Morgan fingerprint density at radius 2 is 1.80 bits per heavy atom. The monoisotopic (exact) mass is 426 g/mol. The molecule has 1 unspecified atom stereocenters. The molecule has 8 heteroatoms. The highest BCUT2D eigenvalue weighted by molar-refractivity contribution is 7.99. The second kappa shape index (κ2) is 9.97. The highest BCUT2D eigenvalue weighted by Gasteiger charge is 2.23. The van der Waals surface area contributed by atoms with Crippen molar-refractivity contribution in [3.63, 3.8) is 0 Å². The van der Waals surface area contributed by atoms with Crippen LogP contribution < -0.4 is 9.64 Å². The van der Waals surface area contributed by atoms with E-state index in [9.17, 15) is 5.11 Å². The Bertz CT molecular complexity index is 945. The van der Waals surface area contributed by atoms with Gasteiger partial charge in [-0.25, -0.2) is 0 Å². The van der Waals surface area contributed by atoms with Gasteiger partial charge in [0.1, 0.15) is 12.4 Å². The molecule has 30 heavy (non-hydrogen) atoms. The van der Waals surface area contributed by atoms with Crippen LogP contribution in [0.4, 0.5) is 5.95 Å². The normalized spacial score (nSPS) is 15.2. The van der Waals surface area contributed by atoms with Gasteiger partial charge in [0.15, 0.2) is 5.16 Å². The van der Waals surface area contributed by atoms with Crippen molar-refractivity contribution in [1.29, 1.82) is 0 Å². The predicted molar refractivity (Wildman–Crippen MR) is 118 cm³/mol. The number of thioether (sulfide) groups is 1. The fourth-order valence-electron chi connectivity index (χ4n) is 3.28. The van der Waals surface area contributed by atoms with Gasteiger partial charge in [-0.1, -0.05) is 48.2 Å². The second-order valence-electron chi connectivity index (χ2n) is 7.09. The van der Waals surface area contributed by atoms with Crippen LogP contribution in [-0.4, -0.2) is 64.6 Å². The van der Waals surface area contributed by atoms with Crippen LogP contribution in [0.1, 0.15) is 5.56 Å². The first-order valence-electron chi connectivity index (χ1n) is 10.0. The zero-order valence-corrected chi connectivity index (χ0v) is 17.8. The molecule has 0 saturated carbocycles. The van der Waals surface area contributed by atoms with E-state index in [0.29, 0.717) is 19.0 Å². The van der Waals surface area contributed by atoms with Crippen LogP contribution in [0.3, 0.4) is 0 Å². The number of para-hydroxylation sites is 2. The molecule has 1 saturated heterocycles. The van der Waals surface area contributed by atoms with Crippen LogP contribution in [0.2, 0.25) is 0 Å². The number of morpholine rings is 1. The lowest BCUT2D eigenvalue weighted by molar-refractivity contribution is 0.122. The molecule has 0 amide bonds. The Labute approximate surface area is 180 Å². The minimum absolute atomic E-state index is 0.228. The number of aliphatic hydroxyl groups excluding tert-OH is 1. The number of rotatable bonds is 8. The molecule has 1 aliphatic rings. The first kappa shape index (κ1) is 20.7. The van der Waals surface area contributed by atoms with Gasteiger partial charge in [-0.15, -0.1) is 10.2 Å². The Kier molecular flexibility index (Phi) is 6.88. The molecule has 1 atom stereocenters. The van der Waals surface area contributed by atoms with Gasteiger partial charge in [0, 0.05) is 18.8 Å². The van der Waals surface area contributed by atoms with Crippen LogP contribution in [-0.2, 0) is 4.74 Å². The van der Waals surface area contributed by atoms with Crippen molar-refractivity contribution in [3.8, 4) is 11.4 Å². The summed E-state index contributed by atoms with van der Waals surface area (Å²) in [5.41, 5.74) is 2.18. The smallest absolute Gasteiger partial charge is 0.232 e. The first-order chi connectivity index (χ1) is 14.7. The van der Waals surface area contributed by atoms with Crippen LogP contribution in [0.25, 0.3) is 5.69 Å². The van der Waals surface area contributed by atoms with Crippen molar-refractivity contribution in [3.05, 3.63) is 60.2 Å². The van der Waals surface area contributed by atoms with E-state index in [4.69, 9.17) is 9.47 Å². The van der Waals surface area contributed by atoms with Crippen LogP contribution in [0.5, 0.6) is 5.75 Å². The summed E-state index contributed by atoms with van der Waals surface area (Å²) in [6.07, 6.45) is -0.621. The minimum Gasteiger partial charge on any atom is -0.491 e. The summed E-state index contributed by atoms with van der Waals surface area (Å²) in [6, 6.07) is 17.7. The molecule has 3 aromatic rings. The molecule has 1 N–H and O–H groups in total. The molecular formula is C22H26N4O3S. The molecule has 1 aromatic heterocycles. The zero-order valence-electron chi connectivity index (χ0n) is 17.0. The molecule has 1 fully saturated rings. The summed E-state index contributed by atoms with van der Waals surface area (Å²) in [4.78, 5) is 2.20. The van der Waals surface area contributed by atoms with E-state index in [-0.39, 0.29) is 6.61 Å². The molecule has 0 spiro atoms. The molecule has 1 aliphatic heterocycles. The maximum atomic E-state index is 10.4. The molecule has 2 heterocycles. The largest absolute Gasteiger partial charge is 0.491 e. The number of aryl methyl sites for hydroxylation is 1. The standard InChI is InChI=1S/C22H26N4O3S/c1-17-7-5-6-10-20(17)26-21(25-11-13-28-14-12-25)23-24-22(26)30-16-18(27)15-29-19-8-3-2-4-9-19/h2-10,18,27H,11-16H2,1H3. The lowest BCUT2D eigenvalue weighted by Gasteiger charge is -2.28. The fraction of sp³-hybridized carbons (Fsp3) is 0.364. The van der Waals surface area contributed by atoms with Crippen molar-refractivity contribution in [2.75, 3.05) is 43.6 Å². The summed E-state index contributed by atoms with van der Waals surface area (Å²) >= 11 is 1.48. The Morgan fingerprint density at radius 1 is 1.07 bits per heavy atom. The molecule has 0 bridgehead atoms. The van der Waals surface area contributed by atoms with E-state index in [2.05, 4.69) is 38.7 Å². The molecule has 0 aliphatic carbocycles. The van der Waals surface area contributed by atoms with E-state index in [0.717, 1.165) is 41.2 Å². The molecule has 2 aromatic carbocycles. The number of nitrogens with zero attached hydrogens (tertiary/aromatic N) is 4. The Balaban J connectivity index is 1.49. The van der Waals surface area contributed by atoms with Gasteiger partial charge in [0.05, 0.1) is 25.0 Å². The molecule has 158 valence electrons. The van der Waals surface area contributed by atoms with E-state index in [1.54, 1.807) is 0 Å². The van der Waals surface area contributed by atoms with Crippen LogP contribution in [0, 0.1) is 6.92 Å². The number of anilines is 1. The molecular weight excluding hydrogens is 400 g/mol. The number of ether oxygens (including phenoxy) is 2. The molecule has 7 nitrogen and oxygen atoms in total. The predicted octanol–water partition coefficient (Wildman–Crippen LogP) is 2.94. The number of hydrogen-bond donors (Lipinski definition) is 1. The third kappa shape index (κ3) is 4.95. The average molecular weight is 427 g/mol. The Hall–Kier alpha value is -2.55. The zero-order chi connectivity index (χ0) is 20.8. The van der Waals surface area contributed by atoms with Gasteiger partial charge in [0.25, 0.3) is 0 Å². The quantitative estimate of drug-likeness (QED) is 0.555. The van der Waals surface area contributed by atoms with E-state index in [1.165, 1.54) is 11.8 Å². The highest BCUT2D eigenvalue weighted by atomic mass is 32.2. The van der Waals surface area contributed by atoms with Crippen molar-refractivity contribution in [1.82, 2.24) is 14.8 Å². The molecule has 0 radical (unpaired) electrons. The lowest BCUT2D eigenvalue weighted by atomic mass is 10.2. The number of benzene rings is 2. The first-order valence-corrected chi connectivity index (χ1v) is 11.0. The second-order valence-corrected chi connectivity index (χ2v) is 8.08. The van der Waals surface area contributed by atoms with E-state index in [1.807, 2.05) is 42.5 Å². The maximum absolute atomic E-state index is 10.4. The summed E-state index contributed by atoms with van der Waals surface area (Å²) < 4.78 is 13.2. The summed E-state index contributed by atoms with van der Waals surface area (Å²) in [5, 5.41) is 20.1. The van der Waals surface area contributed by atoms with Crippen molar-refractivity contribution in [2.24, 2.45) is 0 Å². The van der Waals surface area contributed by atoms with Gasteiger partial charge in [-0.05, 0) is 30.7 Å². The molecule has 4 rings (SSSR count). The van der Waals surface area contributed by atoms with Gasteiger partial charge in [-0.3, -0.25) is 4.57 Å². The lowest BCUT2D eigenvalue weighted by Crippen LogP contribution is -2.38. The van der Waals surface area contributed by atoms with Crippen LogP contribution >= 0.6 is 11.8 Å². The van der Waals surface area contributed by atoms with E-state index >= 15 is 0 Å². The topological polar surface area (TPSA) is 72.6 Å². The number of aromatic nitrogens is 3. The van der Waals surface area contributed by atoms with Crippen molar-refractivity contribution >= 4 is 17.7 Å². The third-order valence-corrected chi connectivity index (χ3v) is 5.93. The number of hydrogen-bond acceptors (Lipinski definition) is 7. The summed E-state index contributed by atoms with van der Waals surface area (Å²) in [7, 11) is 0. The summed E-state index contributed by atoms with van der Waals surface area (Å²) in [6.45, 7) is 5.23. The van der Waals surface area contributed by atoms with Gasteiger partial charge in [-0.2, -0.15) is 0 Å².